The smallest absolute Gasteiger partial charge is 0.242 e. The van der Waals surface area contributed by atoms with Crippen LogP contribution in [0.5, 0.6) is 0 Å². The van der Waals surface area contributed by atoms with E-state index in [1.54, 1.807) is 0 Å². The average Bonchev–Trinajstić information content (AvgIpc) is 3.40. The third-order valence-corrected chi connectivity index (χ3v) is 5.84. The molecular formula is C20H27N3O3. The molecule has 1 aromatic carbocycles. The average molecular weight is 357 g/mol. The van der Waals surface area contributed by atoms with Crippen LogP contribution in [0, 0.1) is 5.41 Å². The number of rotatable bonds is 5. The van der Waals surface area contributed by atoms with Crippen molar-refractivity contribution >= 4 is 17.5 Å². The van der Waals surface area contributed by atoms with E-state index < -0.39 is 5.41 Å². The molecule has 0 aromatic heterocycles. The van der Waals surface area contributed by atoms with E-state index in [1.165, 1.54) is 5.56 Å². The maximum absolute atomic E-state index is 13.2. The summed E-state index contributed by atoms with van der Waals surface area (Å²) in [6, 6.07) is 8.13. The number of nitrogens with one attached hydrogen (secondary N) is 1. The van der Waals surface area contributed by atoms with E-state index in [2.05, 4.69) is 23.2 Å². The summed E-state index contributed by atoms with van der Waals surface area (Å²) >= 11 is 0. The summed E-state index contributed by atoms with van der Waals surface area (Å²) in [5, 5.41) is 3.01. The first-order valence-electron chi connectivity index (χ1n) is 9.62. The zero-order chi connectivity index (χ0) is 18.1. The predicted octanol–water partition coefficient (Wildman–Crippen LogP) is 1.19. The molecule has 2 fully saturated rings. The van der Waals surface area contributed by atoms with Crippen LogP contribution in [0.4, 0.5) is 5.69 Å². The topological polar surface area (TPSA) is 61.9 Å². The number of hydrogen-bond donors (Lipinski definition) is 1. The Balaban J connectivity index is 1.38. The van der Waals surface area contributed by atoms with Crippen LogP contribution in [0.15, 0.2) is 24.3 Å². The van der Waals surface area contributed by atoms with Crippen LogP contribution in [0.3, 0.4) is 0 Å². The van der Waals surface area contributed by atoms with Gasteiger partial charge in [0, 0.05) is 37.9 Å². The molecule has 4 rings (SSSR count). The van der Waals surface area contributed by atoms with Crippen LogP contribution in [0.25, 0.3) is 0 Å². The SMILES string of the molecule is CC1Cc2ccccc2N1C(=O)C1(C(=O)NCCN2CCOCC2)CC1. The molecule has 1 unspecified atom stereocenters. The van der Waals surface area contributed by atoms with Crippen molar-refractivity contribution in [2.75, 3.05) is 44.3 Å². The number of nitrogens with zero attached hydrogens (tertiary/aromatic N) is 2. The molecule has 140 valence electrons. The highest BCUT2D eigenvalue weighted by Gasteiger charge is 2.59. The number of benzene rings is 1. The first kappa shape index (κ1) is 17.5. The van der Waals surface area contributed by atoms with Crippen LogP contribution >= 0.6 is 0 Å². The molecular weight excluding hydrogens is 330 g/mol. The van der Waals surface area contributed by atoms with Crippen molar-refractivity contribution in [3.05, 3.63) is 29.8 Å². The maximum Gasteiger partial charge on any atom is 0.242 e. The summed E-state index contributed by atoms with van der Waals surface area (Å²) in [4.78, 5) is 30.2. The second-order valence-corrected chi connectivity index (χ2v) is 7.65. The maximum atomic E-state index is 13.2. The summed E-state index contributed by atoms with van der Waals surface area (Å²) in [7, 11) is 0. The minimum Gasteiger partial charge on any atom is -0.379 e. The van der Waals surface area contributed by atoms with E-state index in [0.717, 1.165) is 45.0 Å². The van der Waals surface area contributed by atoms with Crippen molar-refractivity contribution in [3.8, 4) is 0 Å². The highest BCUT2D eigenvalue weighted by molar-refractivity contribution is 6.14. The molecule has 6 nitrogen and oxygen atoms in total. The fourth-order valence-electron chi connectivity index (χ4n) is 4.09. The summed E-state index contributed by atoms with van der Waals surface area (Å²) in [5.74, 6) is -0.133. The van der Waals surface area contributed by atoms with Gasteiger partial charge in [0.05, 0.1) is 13.2 Å². The number of hydrogen-bond acceptors (Lipinski definition) is 4. The molecule has 2 aliphatic heterocycles. The number of carbonyl (C=O) groups is 2. The Hall–Kier alpha value is -1.92. The minimum atomic E-state index is -0.850. The van der Waals surface area contributed by atoms with Gasteiger partial charge < -0.3 is 15.0 Å². The molecule has 1 aromatic rings. The van der Waals surface area contributed by atoms with Crippen molar-refractivity contribution in [1.29, 1.82) is 0 Å². The highest BCUT2D eigenvalue weighted by Crippen LogP contribution is 2.49. The van der Waals surface area contributed by atoms with E-state index >= 15 is 0 Å². The molecule has 6 heteroatoms. The molecule has 1 saturated heterocycles. The zero-order valence-corrected chi connectivity index (χ0v) is 15.4. The molecule has 2 amide bonds. The predicted molar refractivity (Wildman–Crippen MR) is 99.0 cm³/mol. The Morgan fingerprint density at radius 3 is 2.69 bits per heavy atom. The number of anilines is 1. The summed E-state index contributed by atoms with van der Waals surface area (Å²) < 4.78 is 5.34. The molecule has 0 bridgehead atoms. The summed E-state index contributed by atoms with van der Waals surface area (Å²) in [6.45, 7) is 6.77. The lowest BCUT2D eigenvalue weighted by molar-refractivity contribution is -0.135. The lowest BCUT2D eigenvalue weighted by Gasteiger charge is -2.28. The van der Waals surface area contributed by atoms with Gasteiger partial charge in [0.2, 0.25) is 11.8 Å². The Bertz CT molecular complexity index is 695. The van der Waals surface area contributed by atoms with Crippen LogP contribution in [-0.4, -0.2) is 62.1 Å². The first-order valence-corrected chi connectivity index (χ1v) is 9.62. The Labute approximate surface area is 154 Å². The monoisotopic (exact) mass is 357 g/mol. The van der Waals surface area contributed by atoms with E-state index in [-0.39, 0.29) is 17.9 Å². The minimum absolute atomic E-state index is 0.0289. The standard InChI is InChI=1S/C20H27N3O3/c1-15-14-16-4-2-3-5-17(16)23(15)19(25)20(6-7-20)18(24)21-8-9-22-10-12-26-13-11-22/h2-5,15H,6-14H2,1H3,(H,21,24). The second-order valence-electron chi connectivity index (χ2n) is 7.65. The normalized spacial score (nSPS) is 24.2. The fourth-order valence-corrected chi connectivity index (χ4v) is 4.09. The Morgan fingerprint density at radius 1 is 1.23 bits per heavy atom. The molecule has 3 aliphatic rings. The van der Waals surface area contributed by atoms with Crippen molar-refractivity contribution in [3.63, 3.8) is 0 Å². The molecule has 2 heterocycles. The molecule has 1 atom stereocenters. The van der Waals surface area contributed by atoms with Gasteiger partial charge in [-0.3, -0.25) is 14.5 Å². The molecule has 1 N–H and O–H groups in total. The van der Waals surface area contributed by atoms with Gasteiger partial charge in [-0.15, -0.1) is 0 Å². The van der Waals surface area contributed by atoms with Crippen LogP contribution < -0.4 is 10.2 Å². The molecule has 1 saturated carbocycles. The van der Waals surface area contributed by atoms with Crippen molar-refractivity contribution in [2.45, 2.75) is 32.2 Å². The van der Waals surface area contributed by atoms with Crippen molar-refractivity contribution in [2.24, 2.45) is 5.41 Å². The first-order chi connectivity index (χ1) is 12.6. The van der Waals surface area contributed by atoms with Gasteiger partial charge in [-0.1, -0.05) is 18.2 Å². The van der Waals surface area contributed by atoms with Gasteiger partial charge in [-0.2, -0.15) is 0 Å². The van der Waals surface area contributed by atoms with Crippen molar-refractivity contribution in [1.82, 2.24) is 10.2 Å². The van der Waals surface area contributed by atoms with E-state index in [4.69, 9.17) is 4.74 Å². The number of fused-ring (bicyclic) bond motifs is 1. The molecule has 1 aliphatic carbocycles. The van der Waals surface area contributed by atoms with Gasteiger partial charge in [0.25, 0.3) is 0 Å². The third kappa shape index (κ3) is 3.12. The number of para-hydroxylation sites is 1. The summed E-state index contributed by atoms with van der Waals surface area (Å²) in [6.07, 6.45) is 2.16. The highest BCUT2D eigenvalue weighted by atomic mass is 16.5. The molecule has 0 spiro atoms. The summed E-state index contributed by atoms with van der Waals surface area (Å²) in [5.41, 5.74) is 1.31. The number of ether oxygens (including phenoxy) is 1. The zero-order valence-electron chi connectivity index (χ0n) is 15.4. The quantitative estimate of drug-likeness (QED) is 0.805. The Kier molecular flexibility index (Phi) is 4.71. The molecule has 0 radical (unpaired) electrons. The van der Waals surface area contributed by atoms with Gasteiger partial charge in [-0.05, 0) is 37.8 Å². The van der Waals surface area contributed by atoms with E-state index in [0.29, 0.717) is 19.4 Å². The van der Waals surface area contributed by atoms with Crippen LogP contribution in [0.2, 0.25) is 0 Å². The number of morpholine rings is 1. The van der Waals surface area contributed by atoms with E-state index in [1.807, 2.05) is 23.1 Å². The third-order valence-electron chi connectivity index (χ3n) is 5.84. The van der Waals surface area contributed by atoms with Gasteiger partial charge >= 0.3 is 0 Å². The largest absolute Gasteiger partial charge is 0.379 e. The van der Waals surface area contributed by atoms with Crippen LogP contribution in [0.1, 0.15) is 25.3 Å². The lowest BCUT2D eigenvalue weighted by atomic mass is 10.0. The fraction of sp³-hybridized carbons (Fsp3) is 0.600. The van der Waals surface area contributed by atoms with Crippen LogP contribution in [-0.2, 0) is 20.7 Å². The second kappa shape index (κ2) is 7.00. The lowest BCUT2D eigenvalue weighted by Crippen LogP contribution is -2.49. The molecule has 26 heavy (non-hydrogen) atoms. The number of amides is 2. The Morgan fingerprint density at radius 2 is 1.96 bits per heavy atom. The van der Waals surface area contributed by atoms with Gasteiger partial charge in [0.15, 0.2) is 0 Å². The van der Waals surface area contributed by atoms with Crippen molar-refractivity contribution < 1.29 is 14.3 Å². The van der Waals surface area contributed by atoms with Gasteiger partial charge in [0.1, 0.15) is 5.41 Å². The van der Waals surface area contributed by atoms with E-state index in [9.17, 15) is 9.59 Å². The number of carbonyl (C=O) groups excluding carboxylic acids is 2. The van der Waals surface area contributed by atoms with Gasteiger partial charge in [-0.25, -0.2) is 0 Å².